The van der Waals surface area contributed by atoms with E-state index in [0.717, 1.165) is 44.5 Å². The first kappa shape index (κ1) is 20.9. The van der Waals surface area contributed by atoms with Gasteiger partial charge in [-0.3, -0.25) is 14.7 Å². The molecule has 6 rings (SSSR count). The summed E-state index contributed by atoms with van der Waals surface area (Å²) in [5.41, 5.74) is 2.41. The summed E-state index contributed by atoms with van der Waals surface area (Å²) in [5, 5.41) is 4.22. The van der Waals surface area contributed by atoms with Gasteiger partial charge in [-0.15, -0.1) is 11.3 Å². The van der Waals surface area contributed by atoms with Crippen LogP contribution in [0, 0.1) is 0 Å². The van der Waals surface area contributed by atoms with E-state index in [9.17, 15) is 9.59 Å². The monoisotopic (exact) mass is 472 g/mol. The van der Waals surface area contributed by atoms with Crippen LogP contribution in [0.25, 0.3) is 21.1 Å². The minimum atomic E-state index is -0.429. The average Bonchev–Trinajstić information content (AvgIpc) is 3.62. The Kier molecular flexibility index (Phi) is 5.06. The summed E-state index contributed by atoms with van der Waals surface area (Å²) in [6.45, 7) is 3.15. The number of hydrazine groups is 1. The quantitative estimate of drug-likeness (QED) is 0.438. The highest BCUT2D eigenvalue weighted by molar-refractivity contribution is 7.19. The van der Waals surface area contributed by atoms with Crippen molar-refractivity contribution in [3.8, 4) is 0 Å². The third kappa shape index (κ3) is 3.27. The van der Waals surface area contributed by atoms with E-state index in [2.05, 4.69) is 35.1 Å². The van der Waals surface area contributed by atoms with Crippen LogP contribution < -0.4 is 4.90 Å². The second-order valence-corrected chi connectivity index (χ2v) is 9.63. The molecule has 4 heterocycles. The minimum Gasteiger partial charge on any atom is -0.345 e. The zero-order valence-corrected chi connectivity index (χ0v) is 19.6. The zero-order chi connectivity index (χ0) is 23.2. The molecular weight excluding hydrogens is 448 g/mol. The van der Waals surface area contributed by atoms with Gasteiger partial charge in [-0.2, -0.15) is 5.01 Å². The Morgan fingerprint density at radius 3 is 2.85 bits per heavy atom. The van der Waals surface area contributed by atoms with Crippen molar-refractivity contribution < 1.29 is 9.59 Å². The molecule has 2 fully saturated rings. The fourth-order valence-corrected chi connectivity index (χ4v) is 5.87. The number of rotatable bonds is 5. The maximum absolute atomic E-state index is 14.0. The van der Waals surface area contributed by atoms with Gasteiger partial charge in [0, 0.05) is 34.8 Å². The number of amidine groups is 1. The van der Waals surface area contributed by atoms with Crippen molar-refractivity contribution in [2.45, 2.75) is 32.2 Å². The number of amides is 3. The first-order valence-corrected chi connectivity index (χ1v) is 12.4. The van der Waals surface area contributed by atoms with Gasteiger partial charge in [0.2, 0.25) is 5.91 Å². The number of hydrogen-bond donors (Lipinski definition) is 1. The molecule has 0 bridgehead atoms. The molecule has 172 valence electrons. The lowest BCUT2D eigenvalue weighted by Crippen LogP contribution is -2.48. The molecule has 9 heteroatoms. The lowest BCUT2D eigenvalue weighted by molar-refractivity contribution is -0.134. The molecular formula is C25H24N6O2S. The molecule has 4 aromatic rings. The summed E-state index contributed by atoms with van der Waals surface area (Å²) in [4.78, 5) is 41.9. The van der Waals surface area contributed by atoms with Gasteiger partial charge in [-0.05, 0) is 48.6 Å². The first-order chi connectivity index (χ1) is 16.7. The number of aromatic amines is 1. The number of anilines is 1. The second kappa shape index (κ2) is 8.25. The van der Waals surface area contributed by atoms with Gasteiger partial charge in [0.05, 0.1) is 17.4 Å². The molecule has 2 saturated heterocycles. The highest BCUT2D eigenvalue weighted by atomic mass is 32.1. The number of fused-ring (bicyclic) bond motifs is 2. The Hall–Kier alpha value is -3.72. The predicted molar refractivity (Wildman–Crippen MR) is 134 cm³/mol. The summed E-state index contributed by atoms with van der Waals surface area (Å²) in [6.07, 6.45) is 3.67. The lowest BCUT2D eigenvalue weighted by Gasteiger charge is -2.27. The van der Waals surface area contributed by atoms with Gasteiger partial charge >= 0.3 is 6.03 Å². The molecule has 34 heavy (non-hydrogen) atoms. The number of nitrogens with one attached hydrogen (secondary N) is 1. The Labute approximate surface area is 200 Å². The number of aromatic nitrogens is 2. The largest absolute Gasteiger partial charge is 0.350 e. The number of carbonyl (C=O) groups is 2. The van der Waals surface area contributed by atoms with Crippen LogP contribution >= 0.6 is 11.3 Å². The van der Waals surface area contributed by atoms with E-state index in [0.29, 0.717) is 25.3 Å². The molecule has 2 aliphatic rings. The van der Waals surface area contributed by atoms with Gasteiger partial charge in [-0.25, -0.2) is 14.8 Å². The van der Waals surface area contributed by atoms with Crippen molar-refractivity contribution >= 4 is 55.9 Å². The van der Waals surface area contributed by atoms with Gasteiger partial charge in [0.25, 0.3) is 0 Å². The molecule has 1 unspecified atom stereocenters. The third-order valence-electron chi connectivity index (χ3n) is 6.29. The van der Waals surface area contributed by atoms with Crippen LogP contribution in [0.15, 0.2) is 59.9 Å². The van der Waals surface area contributed by atoms with E-state index >= 15 is 0 Å². The number of benzene rings is 2. The highest BCUT2D eigenvalue weighted by Crippen LogP contribution is 2.42. The summed E-state index contributed by atoms with van der Waals surface area (Å²) < 4.78 is 1.15. The Morgan fingerprint density at radius 2 is 2.06 bits per heavy atom. The molecule has 0 radical (unpaired) electrons. The number of hydrogen-bond acceptors (Lipinski definition) is 5. The summed E-state index contributed by atoms with van der Waals surface area (Å²) >= 11 is 1.66. The van der Waals surface area contributed by atoms with E-state index in [1.165, 1.54) is 5.01 Å². The predicted octanol–water partition coefficient (Wildman–Crippen LogP) is 5.11. The molecule has 0 spiro atoms. The smallest absolute Gasteiger partial charge is 0.345 e. The van der Waals surface area contributed by atoms with E-state index in [1.807, 2.05) is 30.3 Å². The standard InChI is InChI=1S/C25H24N6O2S/c1-2-11-26-24-23(21-13-16-6-3-4-7-20(16)34-21)30(17-9-10-18-19(14-17)28-15-27-18)25(33)31(24)29-12-5-8-22(29)32/h3-4,6-7,9-10,13-15,23H,2,5,8,11-12H2,1H3,(H,27,28). The zero-order valence-electron chi connectivity index (χ0n) is 18.8. The number of urea groups is 1. The SMILES string of the molecule is CCCN=C1C(c2cc3ccccc3s2)N(c2ccc3[nH]cnc3c2)C(=O)N1N1CCCC1=O. The fraction of sp³-hybridized carbons (Fsp3) is 0.280. The van der Waals surface area contributed by atoms with Crippen molar-refractivity contribution in [1.82, 2.24) is 20.0 Å². The van der Waals surface area contributed by atoms with Crippen LogP contribution in [-0.4, -0.2) is 50.8 Å². The van der Waals surface area contributed by atoms with Crippen LogP contribution in [0.5, 0.6) is 0 Å². The van der Waals surface area contributed by atoms with E-state index in [-0.39, 0.29) is 11.9 Å². The molecule has 0 aliphatic carbocycles. The summed E-state index contributed by atoms with van der Waals surface area (Å²) in [7, 11) is 0. The van der Waals surface area contributed by atoms with Crippen molar-refractivity contribution in [3.05, 3.63) is 59.7 Å². The Bertz CT molecular complexity index is 1410. The number of thiophene rings is 1. The average molecular weight is 473 g/mol. The van der Waals surface area contributed by atoms with Gasteiger partial charge in [0.1, 0.15) is 6.04 Å². The van der Waals surface area contributed by atoms with Crippen LogP contribution in [0.1, 0.15) is 37.1 Å². The highest BCUT2D eigenvalue weighted by Gasteiger charge is 2.50. The number of carbonyl (C=O) groups excluding carboxylic acids is 2. The molecule has 2 aromatic heterocycles. The maximum Gasteiger partial charge on any atom is 0.350 e. The number of H-pyrrole nitrogens is 1. The number of imidazole rings is 1. The molecule has 3 amide bonds. The van der Waals surface area contributed by atoms with Crippen molar-refractivity contribution in [2.24, 2.45) is 4.99 Å². The summed E-state index contributed by atoms with van der Waals surface area (Å²) in [5.74, 6) is 0.563. The number of aliphatic imine (C=N–C) groups is 1. The Morgan fingerprint density at radius 1 is 1.18 bits per heavy atom. The molecule has 2 aliphatic heterocycles. The van der Waals surface area contributed by atoms with Crippen LogP contribution in [0.3, 0.4) is 0 Å². The number of nitrogens with zero attached hydrogens (tertiary/aromatic N) is 5. The van der Waals surface area contributed by atoms with Crippen LogP contribution in [-0.2, 0) is 4.79 Å². The van der Waals surface area contributed by atoms with Crippen molar-refractivity contribution in [3.63, 3.8) is 0 Å². The van der Waals surface area contributed by atoms with E-state index < -0.39 is 6.04 Å². The topological polar surface area (TPSA) is 84.9 Å². The molecule has 1 N–H and O–H groups in total. The molecule has 1 atom stereocenters. The minimum absolute atomic E-state index is 0.0442. The fourth-order valence-electron chi connectivity index (χ4n) is 4.72. The van der Waals surface area contributed by atoms with Gasteiger partial charge in [-0.1, -0.05) is 25.1 Å². The van der Waals surface area contributed by atoms with Crippen LogP contribution in [0.4, 0.5) is 10.5 Å². The summed E-state index contributed by atoms with van der Waals surface area (Å²) in [6, 6.07) is 15.4. The van der Waals surface area contributed by atoms with Crippen molar-refractivity contribution in [2.75, 3.05) is 18.0 Å². The third-order valence-corrected chi connectivity index (χ3v) is 7.46. The first-order valence-electron chi connectivity index (χ1n) is 11.6. The molecule has 8 nitrogen and oxygen atoms in total. The van der Waals surface area contributed by atoms with E-state index in [1.54, 1.807) is 27.6 Å². The van der Waals surface area contributed by atoms with Crippen LogP contribution in [0.2, 0.25) is 0 Å². The normalized spacial score (nSPS) is 20.1. The maximum atomic E-state index is 14.0. The Balaban J connectivity index is 1.55. The molecule has 2 aromatic carbocycles. The second-order valence-electron chi connectivity index (χ2n) is 8.52. The van der Waals surface area contributed by atoms with Gasteiger partial charge < -0.3 is 4.98 Å². The van der Waals surface area contributed by atoms with E-state index in [4.69, 9.17) is 4.99 Å². The molecule has 0 saturated carbocycles. The lowest BCUT2D eigenvalue weighted by atomic mass is 10.1. The van der Waals surface area contributed by atoms with Crippen molar-refractivity contribution in [1.29, 1.82) is 0 Å². The van der Waals surface area contributed by atoms with Gasteiger partial charge in [0.15, 0.2) is 5.84 Å².